The molecule has 0 rings (SSSR count). The molecule has 0 aromatic rings. The highest BCUT2D eigenvalue weighted by atomic mass is 32.2. The minimum Gasteiger partial charge on any atom is -0.481 e. The van der Waals surface area contributed by atoms with Gasteiger partial charge < -0.3 is 10.2 Å². The molecule has 6 nitrogen and oxygen atoms in total. The highest BCUT2D eigenvalue weighted by Crippen LogP contribution is 2.14. The molecule has 0 saturated carbocycles. The van der Waals surface area contributed by atoms with Crippen LogP contribution in [0.15, 0.2) is 0 Å². The Balaban J connectivity index is 4.09. The van der Waals surface area contributed by atoms with Gasteiger partial charge in [-0.3, -0.25) is 9.59 Å². The van der Waals surface area contributed by atoms with Crippen LogP contribution in [0.25, 0.3) is 0 Å². The highest BCUT2D eigenvalue weighted by molar-refractivity contribution is 8.01. The maximum absolute atomic E-state index is 10.5. The molecule has 2 N–H and O–H groups in total. The Morgan fingerprint density at radius 1 is 1.43 bits per heavy atom. The topological polar surface area (TPSA) is 109 Å². The average molecular weight is 243 g/mol. The molecule has 0 heterocycles. The van der Waals surface area contributed by atoms with E-state index in [1.165, 1.54) is 0 Å². The lowest BCUT2D eigenvalue weighted by Gasteiger charge is -2.07. The third-order valence-electron chi connectivity index (χ3n) is 1.20. The van der Waals surface area contributed by atoms with E-state index in [9.17, 15) is 18.0 Å². The summed E-state index contributed by atoms with van der Waals surface area (Å²) in [6.07, 6.45) is -0.571. The van der Waals surface area contributed by atoms with Crippen LogP contribution < -0.4 is 0 Å². The smallest absolute Gasteiger partial charge is 0.317 e. The Kier molecular flexibility index (Phi) is 5.38. The zero-order valence-electron chi connectivity index (χ0n) is 8.04. The van der Waals surface area contributed by atoms with Gasteiger partial charge in [0.1, 0.15) is 15.9 Å². The Morgan fingerprint density at radius 3 is 2.36 bits per heavy atom. The lowest BCUT2D eigenvalue weighted by Crippen LogP contribution is -2.21. The van der Waals surface area contributed by atoms with Gasteiger partial charge in [-0.2, -0.15) is 0 Å². The molecule has 0 fully saturated rings. The van der Waals surface area contributed by atoms with E-state index in [1.54, 1.807) is 0 Å². The van der Waals surface area contributed by atoms with Crippen LogP contribution in [0.5, 0.6) is 0 Å². The van der Waals surface area contributed by atoms with Crippen LogP contribution in [-0.4, -0.2) is 48.4 Å². The lowest BCUT2D eigenvalue weighted by molar-refractivity contribution is -0.142. The predicted molar refractivity (Wildman–Crippen MR) is 51.3 cm³/mol. The monoisotopic (exact) mass is 243 g/mol. The highest BCUT2D eigenvalue weighted by Gasteiger charge is 2.20. The first-order valence-electron chi connectivity index (χ1n) is 3.96. The van der Waals surface area contributed by atoms with Crippen LogP contribution >= 0.6 is 11.8 Å². The van der Waals surface area contributed by atoms with E-state index in [-0.39, 0.29) is 5.75 Å². The summed E-state index contributed by atoms with van der Waals surface area (Å²) in [4.78, 5) is 20.8. The third-order valence-corrected chi connectivity index (χ3v) is 3.21. The molecule has 0 aliphatic carbocycles. The number of carboxylic acids is 2. The fraction of sp³-hybridized carbons (Fsp3) is 0.667. The quantitative estimate of drug-likeness (QED) is 0.505. The van der Waals surface area contributed by atoms with Gasteiger partial charge in [0.05, 0.1) is 12.2 Å². The molecule has 82 valence electrons. The molecular formula is C6H10O6S2. The number of carbonyl (C=O) groups is 2. The fourth-order valence-corrected chi connectivity index (χ4v) is 2.25. The van der Waals surface area contributed by atoms with E-state index in [2.05, 4.69) is 0 Å². The molecule has 0 spiro atoms. The molecule has 14 heavy (non-hydrogen) atoms. The van der Waals surface area contributed by atoms with E-state index >= 15 is 0 Å². The molecule has 0 radical (unpaired) electrons. The van der Waals surface area contributed by atoms with Crippen molar-refractivity contribution < 1.29 is 28.2 Å². The van der Waals surface area contributed by atoms with Crippen LogP contribution in [0.2, 0.25) is 0 Å². The number of thiol groups is 1. The van der Waals surface area contributed by atoms with Crippen LogP contribution in [0.1, 0.15) is 6.42 Å². The molecular weight excluding hydrogens is 232 g/mol. The molecule has 8 heteroatoms. The zero-order valence-corrected chi connectivity index (χ0v) is 8.68. The first kappa shape index (κ1) is 11.3. The molecule has 0 aliphatic rings. The van der Waals surface area contributed by atoms with Gasteiger partial charge in [0.2, 0.25) is 0 Å². The first-order chi connectivity index (χ1) is 6.72. The zero-order chi connectivity index (χ0) is 12.1. The summed E-state index contributed by atoms with van der Waals surface area (Å²) in [7, 11) is -3.89. The van der Waals surface area contributed by atoms with Crippen molar-refractivity contribution >= 4 is 34.3 Å². The van der Waals surface area contributed by atoms with Crippen molar-refractivity contribution in [3.63, 3.8) is 0 Å². The van der Waals surface area contributed by atoms with Gasteiger partial charge in [-0.05, 0) is 0 Å². The van der Waals surface area contributed by atoms with Crippen molar-refractivity contribution in [2.24, 2.45) is 0 Å². The molecule has 0 aliphatic heterocycles. The third kappa shape index (κ3) is 6.72. The van der Waals surface area contributed by atoms with Crippen LogP contribution in [0, 0.1) is 0 Å². The first-order valence-corrected chi connectivity index (χ1v) is 5.85. The van der Waals surface area contributed by atoms with E-state index in [1.807, 2.05) is 0 Å². The van der Waals surface area contributed by atoms with E-state index in [0.29, 0.717) is 11.8 Å². The molecule has 1 unspecified atom stereocenters. The lowest BCUT2D eigenvalue weighted by atomic mass is 10.3. The van der Waals surface area contributed by atoms with Crippen LogP contribution in [0.3, 0.4) is 0 Å². The van der Waals surface area contributed by atoms with E-state index in [4.69, 9.17) is 11.3 Å². The van der Waals surface area contributed by atoms with Crippen molar-refractivity contribution in [3.8, 4) is 0 Å². The van der Waals surface area contributed by atoms with Gasteiger partial charge >= 0.3 is 11.9 Å². The molecule has 0 bridgehead atoms. The largest absolute Gasteiger partial charge is 0.481 e. The Bertz CT molecular complexity index is 338. The minimum absolute atomic E-state index is 0.101. The number of aliphatic carboxylic acids is 2. The van der Waals surface area contributed by atoms with Gasteiger partial charge in [0.15, 0.2) is 1.12 Å². The number of rotatable bonds is 7. The normalized spacial score (nSPS) is 14.4. The number of hydrogen-bond donors (Lipinski definition) is 3. The Hall–Kier alpha value is -0.760. The second-order valence-corrected chi connectivity index (χ2v) is 4.63. The van der Waals surface area contributed by atoms with Crippen molar-refractivity contribution in [3.05, 3.63) is 0 Å². The SMILES string of the molecule is [2H]S(=O)(=O)CCSC(CC(=O)O)C(=O)O. The molecule has 0 saturated heterocycles. The van der Waals surface area contributed by atoms with Gasteiger partial charge in [-0.25, -0.2) is 8.42 Å². The second kappa shape index (κ2) is 6.66. The summed E-state index contributed by atoms with van der Waals surface area (Å²) in [6.45, 7) is 0. The summed E-state index contributed by atoms with van der Waals surface area (Å²) in [5, 5.41) is 15.8. The maximum Gasteiger partial charge on any atom is 0.317 e. The number of hydrogen-bond acceptors (Lipinski definition) is 5. The average Bonchev–Trinajstić information content (AvgIpc) is 1.99. The summed E-state index contributed by atoms with van der Waals surface area (Å²) < 4.78 is 27.3. The van der Waals surface area contributed by atoms with Gasteiger partial charge in [-0.1, -0.05) is 0 Å². The minimum atomic E-state index is -3.89. The van der Waals surface area contributed by atoms with Gasteiger partial charge in [0, 0.05) is 5.75 Å². The summed E-state index contributed by atoms with van der Waals surface area (Å²) >= 11 is 0.705. The van der Waals surface area contributed by atoms with Crippen molar-refractivity contribution in [1.82, 2.24) is 0 Å². The van der Waals surface area contributed by atoms with Crippen molar-refractivity contribution in [1.29, 1.82) is 1.12 Å². The summed E-state index contributed by atoms with van der Waals surface area (Å²) in [6, 6.07) is 0. The molecule has 0 aromatic carbocycles. The summed E-state index contributed by atoms with van der Waals surface area (Å²) in [5.74, 6) is -3.15. The second-order valence-electron chi connectivity index (χ2n) is 2.30. The molecule has 0 amide bonds. The van der Waals surface area contributed by atoms with Crippen molar-refractivity contribution in [2.75, 3.05) is 11.5 Å². The van der Waals surface area contributed by atoms with Gasteiger partial charge in [-0.15, -0.1) is 11.8 Å². The predicted octanol–water partition coefficient (Wildman–Crippen LogP) is -0.741. The maximum atomic E-state index is 10.5. The van der Waals surface area contributed by atoms with E-state index in [0.717, 1.165) is 0 Å². The molecule has 1 atom stereocenters. The van der Waals surface area contributed by atoms with Crippen LogP contribution in [-0.2, 0) is 20.2 Å². The van der Waals surface area contributed by atoms with E-state index < -0.39 is 40.0 Å². The summed E-state index contributed by atoms with van der Waals surface area (Å²) in [5.41, 5.74) is 0. The standard InChI is InChI=1S/C6H10O6S2/c7-5(8)3-4(6(9)10)13-1-2-14(11)12/h4,14H,1-3H2,(H,7,8)(H,9,10)/i14D. The number of carboxylic acid groups (broad SMARTS) is 2. The number of thioether (sulfide) groups is 1. The fourth-order valence-electron chi connectivity index (χ4n) is 0.635. The van der Waals surface area contributed by atoms with Crippen molar-refractivity contribution in [2.45, 2.75) is 11.7 Å². The molecule has 0 aromatic heterocycles. The van der Waals surface area contributed by atoms with Crippen LogP contribution in [0.4, 0.5) is 0 Å². The Labute approximate surface area is 87.3 Å². The Morgan fingerprint density at radius 2 is 2.00 bits per heavy atom. The van der Waals surface area contributed by atoms with Gasteiger partial charge in [0.25, 0.3) is 0 Å².